The third-order valence-electron chi connectivity index (χ3n) is 10.7. The molecule has 9 heteroatoms. The van der Waals surface area contributed by atoms with Gasteiger partial charge in [0, 0.05) is 22.5 Å². The first-order chi connectivity index (χ1) is 22.9. The Balaban J connectivity index is 0.000000236. The van der Waals surface area contributed by atoms with Crippen molar-refractivity contribution in [2.75, 3.05) is 28.2 Å². The van der Waals surface area contributed by atoms with Crippen molar-refractivity contribution < 1.29 is 18.0 Å². The lowest BCUT2D eigenvalue weighted by Gasteiger charge is -2.44. The van der Waals surface area contributed by atoms with Gasteiger partial charge in [0.1, 0.15) is 5.69 Å². The number of likely N-dealkylation sites (N-methyl/N-ethyl adjacent to an activating group) is 2. The summed E-state index contributed by atoms with van der Waals surface area (Å²) in [5.41, 5.74) is 7.61. The zero-order valence-electron chi connectivity index (χ0n) is 28.4. The number of carbonyl (C=O) groups is 1. The van der Waals surface area contributed by atoms with Gasteiger partial charge in [0.05, 0.1) is 17.1 Å². The third kappa shape index (κ3) is 7.28. The van der Waals surface area contributed by atoms with E-state index in [1.807, 2.05) is 50.5 Å². The maximum atomic E-state index is 13.5. The number of halogens is 3. The highest BCUT2D eigenvalue weighted by Crippen LogP contribution is 2.44. The molecule has 6 rings (SSSR count). The molecule has 4 aromatic rings. The van der Waals surface area contributed by atoms with E-state index in [4.69, 9.17) is 5.73 Å². The number of hydrogen-bond donors (Lipinski definition) is 2. The zero-order valence-corrected chi connectivity index (χ0v) is 28.4. The monoisotopic (exact) mass is 659 g/mol. The molecule has 0 aliphatic heterocycles. The third-order valence-corrected chi connectivity index (χ3v) is 10.7. The lowest BCUT2D eigenvalue weighted by Crippen LogP contribution is -2.53. The van der Waals surface area contributed by atoms with Crippen molar-refractivity contribution in [3.63, 3.8) is 0 Å². The number of benzene rings is 3. The summed E-state index contributed by atoms with van der Waals surface area (Å²) in [4.78, 5) is 21.7. The quantitative estimate of drug-likeness (QED) is 0.200. The van der Waals surface area contributed by atoms with Crippen LogP contribution in [0.3, 0.4) is 0 Å². The molecule has 48 heavy (non-hydrogen) atoms. The van der Waals surface area contributed by atoms with E-state index in [-0.39, 0.29) is 34.2 Å². The molecule has 256 valence electrons. The minimum atomic E-state index is -4.64. The van der Waals surface area contributed by atoms with Gasteiger partial charge in [-0.25, -0.2) is 4.98 Å². The number of hydrogen-bond acceptors (Lipinski definition) is 5. The number of pyridine rings is 1. The molecule has 2 unspecified atom stereocenters. The molecule has 0 saturated heterocycles. The van der Waals surface area contributed by atoms with Crippen LogP contribution in [0.25, 0.3) is 10.9 Å². The van der Waals surface area contributed by atoms with Crippen LogP contribution in [0.1, 0.15) is 90.6 Å². The number of nitrogens with zero attached hydrogens (tertiary/aromatic N) is 3. The highest BCUT2D eigenvalue weighted by atomic mass is 19.4. The molecule has 2 aliphatic rings. The fraction of sp³-hybridized carbons (Fsp3) is 0.436. The van der Waals surface area contributed by atoms with Crippen LogP contribution in [-0.4, -0.2) is 60.0 Å². The van der Waals surface area contributed by atoms with Gasteiger partial charge in [0.15, 0.2) is 0 Å². The van der Waals surface area contributed by atoms with Crippen molar-refractivity contribution in [3.8, 4) is 0 Å². The SMILES string of the molecule is CN(C)C1(C(N)c2ccccc2)CCCC1.CN(C)C1(C(NC(=O)c2cc(C(F)(F)F)nc3ccccc23)c2ccccc2)CCCC1. The highest BCUT2D eigenvalue weighted by Gasteiger charge is 2.45. The van der Waals surface area contributed by atoms with Crippen molar-refractivity contribution in [2.24, 2.45) is 5.73 Å². The maximum Gasteiger partial charge on any atom is 0.433 e. The molecular formula is C39H48F3N5O. The highest BCUT2D eigenvalue weighted by molar-refractivity contribution is 6.06. The minimum absolute atomic E-state index is 0.0178. The molecule has 1 aromatic heterocycles. The number of amides is 1. The van der Waals surface area contributed by atoms with Crippen LogP contribution in [-0.2, 0) is 6.18 Å². The van der Waals surface area contributed by atoms with Gasteiger partial charge in [-0.15, -0.1) is 0 Å². The lowest BCUT2D eigenvalue weighted by atomic mass is 9.82. The molecule has 3 N–H and O–H groups in total. The average molecular weight is 660 g/mol. The number of fused-ring (bicyclic) bond motifs is 1. The molecule has 0 spiro atoms. The van der Waals surface area contributed by atoms with Gasteiger partial charge >= 0.3 is 6.18 Å². The molecule has 2 aliphatic carbocycles. The molecule has 2 fully saturated rings. The van der Waals surface area contributed by atoms with Crippen LogP contribution in [0, 0.1) is 0 Å². The first-order valence-electron chi connectivity index (χ1n) is 16.9. The van der Waals surface area contributed by atoms with Gasteiger partial charge in [-0.2, -0.15) is 13.2 Å². The molecule has 1 amide bonds. The molecule has 2 saturated carbocycles. The second-order valence-corrected chi connectivity index (χ2v) is 13.7. The van der Waals surface area contributed by atoms with Crippen molar-refractivity contribution in [2.45, 2.75) is 80.7 Å². The number of carbonyl (C=O) groups excluding carboxylic acids is 1. The molecule has 6 nitrogen and oxygen atoms in total. The van der Waals surface area contributed by atoms with Crippen LogP contribution >= 0.6 is 0 Å². The summed E-state index contributed by atoms with van der Waals surface area (Å²) in [6.07, 6.45) is 4.26. The number of nitrogens with two attached hydrogens (primary N) is 1. The number of rotatable bonds is 8. The van der Waals surface area contributed by atoms with Gasteiger partial charge in [-0.3, -0.25) is 4.79 Å². The first-order valence-corrected chi connectivity index (χ1v) is 16.9. The zero-order chi connectivity index (χ0) is 34.5. The van der Waals surface area contributed by atoms with Crippen LogP contribution in [0.15, 0.2) is 91.0 Å². The van der Waals surface area contributed by atoms with Crippen molar-refractivity contribution in [1.29, 1.82) is 0 Å². The number of para-hydroxylation sites is 1. The molecule has 0 bridgehead atoms. The average Bonchev–Trinajstić information content (AvgIpc) is 3.79. The minimum Gasteiger partial charge on any atom is -0.343 e. The Hall–Kier alpha value is -3.79. The second-order valence-electron chi connectivity index (χ2n) is 13.7. The van der Waals surface area contributed by atoms with E-state index >= 15 is 0 Å². The fourth-order valence-electron chi connectivity index (χ4n) is 7.87. The summed E-state index contributed by atoms with van der Waals surface area (Å²) in [6, 6.07) is 27.2. The van der Waals surface area contributed by atoms with Gasteiger partial charge in [-0.1, -0.05) is 105 Å². The van der Waals surface area contributed by atoms with E-state index < -0.39 is 17.8 Å². The van der Waals surface area contributed by atoms with Gasteiger partial charge in [-0.05, 0) is 77.1 Å². The predicted molar refractivity (Wildman–Crippen MR) is 187 cm³/mol. The Morgan fingerprint density at radius 2 is 1.23 bits per heavy atom. The van der Waals surface area contributed by atoms with E-state index in [1.165, 1.54) is 37.3 Å². The molecule has 1 heterocycles. The summed E-state index contributed by atoms with van der Waals surface area (Å²) in [5, 5.41) is 3.51. The smallest absolute Gasteiger partial charge is 0.343 e. The molecule has 0 radical (unpaired) electrons. The Kier molecular flexibility index (Phi) is 10.9. The summed E-state index contributed by atoms with van der Waals surface area (Å²) in [7, 11) is 8.32. The number of alkyl halides is 3. The van der Waals surface area contributed by atoms with E-state index in [0.29, 0.717) is 5.39 Å². The van der Waals surface area contributed by atoms with Crippen LogP contribution in [0.4, 0.5) is 13.2 Å². The van der Waals surface area contributed by atoms with Crippen LogP contribution in [0.2, 0.25) is 0 Å². The maximum absolute atomic E-state index is 13.5. The summed E-state index contributed by atoms with van der Waals surface area (Å²) in [6.45, 7) is 0. The largest absolute Gasteiger partial charge is 0.433 e. The molecule has 2 atom stereocenters. The fourth-order valence-corrected chi connectivity index (χ4v) is 7.87. The van der Waals surface area contributed by atoms with Gasteiger partial charge in [0.2, 0.25) is 0 Å². The molecule has 3 aromatic carbocycles. The summed E-state index contributed by atoms with van der Waals surface area (Å²) >= 11 is 0. The normalized spacial score (nSPS) is 18.4. The lowest BCUT2D eigenvalue weighted by molar-refractivity contribution is -0.141. The summed E-state index contributed by atoms with van der Waals surface area (Å²) < 4.78 is 40.5. The Morgan fingerprint density at radius 1 is 0.750 bits per heavy atom. The first kappa shape index (κ1) is 35.5. The van der Waals surface area contributed by atoms with Crippen molar-refractivity contribution >= 4 is 16.8 Å². The van der Waals surface area contributed by atoms with E-state index in [2.05, 4.69) is 58.5 Å². The molecular weight excluding hydrogens is 611 g/mol. The van der Waals surface area contributed by atoms with Crippen molar-refractivity contribution in [3.05, 3.63) is 113 Å². The van der Waals surface area contributed by atoms with E-state index in [9.17, 15) is 18.0 Å². The number of nitrogens with one attached hydrogen (secondary N) is 1. The van der Waals surface area contributed by atoms with Crippen molar-refractivity contribution in [1.82, 2.24) is 20.1 Å². The predicted octanol–water partition coefficient (Wildman–Crippen LogP) is 8.16. The van der Waals surface area contributed by atoms with Gasteiger partial charge in [0.25, 0.3) is 5.91 Å². The van der Waals surface area contributed by atoms with E-state index in [0.717, 1.165) is 37.3 Å². The summed E-state index contributed by atoms with van der Waals surface area (Å²) in [5.74, 6) is -0.531. The topological polar surface area (TPSA) is 74.5 Å². The van der Waals surface area contributed by atoms with E-state index in [1.54, 1.807) is 18.2 Å². The van der Waals surface area contributed by atoms with Gasteiger partial charge < -0.3 is 20.9 Å². The Bertz CT molecular complexity index is 1650. The Labute approximate surface area is 282 Å². The second kappa shape index (κ2) is 14.8. The number of aromatic nitrogens is 1. The van der Waals surface area contributed by atoms with Crippen LogP contribution < -0.4 is 11.1 Å². The standard InChI is InChI=1S/C25H26F3N3O.C14H22N2/c1-31(2)24(14-8-9-15-24)22(17-10-4-3-5-11-17)30-23(32)19-16-21(25(26,27)28)29-20-13-7-6-12-18(19)20;1-16(2)14(10-6-7-11-14)13(15)12-8-4-3-5-9-12/h3-7,10-13,16,22H,8-9,14-15H2,1-2H3,(H,30,32);3-5,8-9,13H,6-7,10-11,15H2,1-2H3. The van der Waals surface area contributed by atoms with Crippen LogP contribution in [0.5, 0.6) is 0 Å². The Morgan fingerprint density at radius 3 is 1.75 bits per heavy atom.